The van der Waals surface area contributed by atoms with E-state index in [2.05, 4.69) is 25.7 Å². The monoisotopic (exact) mass is 209 g/mol. The van der Waals surface area contributed by atoms with Crippen molar-refractivity contribution in [3.63, 3.8) is 0 Å². The van der Waals surface area contributed by atoms with E-state index in [9.17, 15) is 4.79 Å². The van der Waals surface area contributed by atoms with Crippen LogP contribution in [0.15, 0.2) is 0 Å². The Bertz CT molecular complexity index is 252. The van der Waals surface area contributed by atoms with Gasteiger partial charge in [0.05, 0.1) is 0 Å². The van der Waals surface area contributed by atoms with E-state index in [-0.39, 0.29) is 5.91 Å². The molecule has 86 valence electrons. The van der Waals surface area contributed by atoms with Crippen LogP contribution in [0.25, 0.3) is 0 Å². The first-order chi connectivity index (χ1) is 6.89. The van der Waals surface area contributed by atoms with Gasteiger partial charge < -0.3 is 4.90 Å². The van der Waals surface area contributed by atoms with Gasteiger partial charge in [-0.15, -0.1) is 0 Å². The zero-order chi connectivity index (χ0) is 11.2. The highest BCUT2D eigenvalue weighted by molar-refractivity contribution is 5.74. The van der Waals surface area contributed by atoms with Gasteiger partial charge in [-0.2, -0.15) is 0 Å². The van der Waals surface area contributed by atoms with Crippen molar-refractivity contribution in [3.05, 3.63) is 0 Å². The van der Waals surface area contributed by atoms with Crippen LogP contribution in [0.3, 0.4) is 0 Å². The molecule has 2 aliphatic rings. The third-order valence-corrected chi connectivity index (χ3v) is 4.32. The average Bonchev–Trinajstić information content (AvgIpc) is 2.35. The smallest absolute Gasteiger partial charge is 0.219 e. The van der Waals surface area contributed by atoms with Crippen LogP contribution in [0.2, 0.25) is 0 Å². The van der Waals surface area contributed by atoms with Gasteiger partial charge in [0, 0.05) is 19.0 Å². The van der Waals surface area contributed by atoms with Crippen LogP contribution in [0, 0.1) is 11.3 Å². The molecule has 0 aromatic rings. The lowest BCUT2D eigenvalue weighted by molar-refractivity contribution is -0.134. The van der Waals surface area contributed by atoms with Crippen molar-refractivity contribution in [2.24, 2.45) is 11.3 Å². The van der Waals surface area contributed by atoms with E-state index in [1.807, 2.05) is 0 Å². The van der Waals surface area contributed by atoms with Gasteiger partial charge in [0.25, 0.3) is 0 Å². The molecule has 0 aliphatic carbocycles. The van der Waals surface area contributed by atoms with Crippen molar-refractivity contribution in [1.82, 2.24) is 4.90 Å². The largest absolute Gasteiger partial charge is 0.337 e. The van der Waals surface area contributed by atoms with E-state index < -0.39 is 0 Å². The molecule has 2 nitrogen and oxygen atoms in total. The highest BCUT2D eigenvalue weighted by atomic mass is 16.2. The summed E-state index contributed by atoms with van der Waals surface area (Å²) in [5.74, 6) is 1.08. The molecule has 2 unspecified atom stereocenters. The molecule has 0 saturated carbocycles. The van der Waals surface area contributed by atoms with E-state index in [1.165, 1.54) is 25.7 Å². The zero-order valence-electron chi connectivity index (χ0n) is 10.4. The van der Waals surface area contributed by atoms with E-state index in [0.29, 0.717) is 17.5 Å². The molecule has 2 heterocycles. The summed E-state index contributed by atoms with van der Waals surface area (Å²) in [5.41, 5.74) is 0.406. The van der Waals surface area contributed by atoms with E-state index >= 15 is 0 Å². The van der Waals surface area contributed by atoms with Gasteiger partial charge in [0.2, 0.25) is 5.91 Å². The van der Waals surface area contributed by atoms with Crippen molar-refractivity contribution in [1.29, 1.82) is 0 Å². The molecule has 15 heavy (non-hydrogen) atoms. The van der Waals surface area contributed by atoms with Crippen LogP contribution in [0.1, 0.15) is 53.4 Å². The Morgan fingerprint density at radius 2 is 1.60 bits per heavy atom. The second kappa shape index (κ2) is 3.50. The Morgan fingerprint density at radius 3 is 1.93 bits per heavy atom. The third-order valence-electron chi connectivity index (χ3n) is 4.32. The van der Waals surface area contributed by atoms with Crippen LogP contribution in [-0.2, 0) is 4.79 Å². The van der Waals surface area contributed by atoms with Gasteiger partial charge in [0.15, 0.2) is 0 Å². The number of hydrogen-bond acceptors (Lipinski definition) is 1. The van der Waals surface area contributed by atoms with Gasteiger partial charge in [-0.1, -0.05) is 20.8 Å². The van der Waals surface area contributed by atoms with Crippen molar-refractivity contribution in [2.75, 3.05) is 0 Å². The fraction of sp³-hybridized carbons (Fsp3) is 0.923. The molecule has 0 aromatic heterocycles. The predicted molar refractivity (Wildman–Crippen MR) is 61.5 cm³/mol. The zero-order valence-corrected chi connectivity index (χ0v) is 10.4. The van der Waals surface area contributed by atoms with E-state index in [0.717, 1.165) is 5.92 Å². The maximum atomic E-state index is 11.5. The first-order valence-electron chi connectivity index (χ1n) is 6.18. The minimum absolute atomic E-state index is 0.287. The second-order valence-corrected chi connectivity index (χ2v) is 6.35. The van der Waals surface area contributed by atoms with Crippen LogP contribution in [-0.4, -0.2) is 22.9 Å². The molecule has 1 amide bonds. The molecule has 2 bridgehead atoms. The standard InChI is InChI=1S/C13H23NO/c1-9(15)14-11-5-6-12(14)8-10(7-11)13(2,3)4/h10-12H,5-8H2,1-4H3. The molecule has 2 heteroatoms. The minimum atomic E-state index is 0.287. The molecular weight excluding hydrogens is 186 g/mol. The third kappa shape index (κ3) is 1.91. The number of hydrogen-bond donors (Lipinski definition) is 0. The van der Waals surface area contributed by atoms with Crippen LogP contribution in [0.4, 0.5) is 0 Å². The van der Waals surface area contributed by atoms with Gasteiger partial charge in [-0.25, -0.2) is 0 Å². The normalized spacial score (nSPS) is 35.7. The molecule has 0 N–H and O–H groups in total. The Hall–Kier alpha value is -0.530. The Labute approximate surface area is 93.0 Å². The number of piperidine rings is 1. The molecule has 0 spiro atoms. The topological polar surface area (TPSA) is 20.3 Å². The molecule has 2 aliphatic heterocycles. The number of rotatable bonds is 0. The van der Waals surface area contributed by atoms with E-state index in [1.54, 1.807) is 6.92 Å². The summed E-state index contributed by atoms with van der Waals surface area (Å²) in [6.45, 7) is 8.73. The van der Waals surface area contributed by atoms with Gasteiger partial charge in [-0.3, -0.25) is 4.79 Å². The second-order valence-electron chi connectivity index (χ2n) is 6.35. The molecular formula is C13H23NO. The van der Waals surface area contributed by atoms with Crippen molar-refractivity contribution in [2.45, 2.75) is 65.5 Å². The van der Waals surface area contributed by atoms with Gasteiger partial charge >= 0.3 is 0 Å². The predicted octanol–water partition coefficient (Wildman–Crippen LogP) is 2.82. The van der Waals surface area contributed by atoms with Gasteiger partial charge in [-0.05, 0) is 37.0 Å². The van der Waals surface area contributed by atoms with Crippen molar-refractivity contribution >= 4 is 5.91 Å². The summed E-state index contributed by atoms with van der Waals surface area (Å²) in [4.78, 5) is 13.7. The number of carbonyl (C=O) groups excluding carboxylic acids is 1. The lowest BCUT2D eigenvalue weighted by Crippen LogP contribution is -2.47. The molecule has 0 aromatic carbocycles. The summed E-state index contributed by atoms with van der Waals surface area (Å²) >= 11 is 0. The molecule has 2 saturated heterocycles. The molecule has 2 rings (SSSR count). The number of fused-ring (bicyclic) bond motifs is 2. The summed E-state index contributed by atoms with van der Waals surface area (Å²) in [5, 5.41) is 0. The molecule has 2 atom stereocenters. The fourth-order valence-corrected chi connectivity index (χ4v) is 3.40. The van der Waals surface area contributed by atoms with Crippen LogP contribution >= 0.6 is 0 Å². The fourth-order valence-electron chi connectivity index (χ4n) is 3.40. The Balaban J connectivity index is 2.11. The summed E-state index contributed by atoms with van der Waals surface area (Å²) < 4.78 is 0. The molecule has 0 radical (unpaired) electrons. The Kier molecular flexibility index (Phi) is 2.56. The maximum absolute atomic E-state index is 11.5. The lowest BCUT2D eigenvalue weighted by Gasteiger charge is -2.43. The quantitative estimate of drug-likeness (QED) is 0.601. The summed E-state index contributed by atoms with van der Waals surface area (Å²) in [7, 11) is 0. The minimum Gasteiger partial charge on any atom is -0.337 e. The Morgan fingerprint density at radius 1 is 1.13 bits per heavy atom. The van der Waals surface area contributed by atoms with Crippen molar-refractivity contribution < 1.29 is 4.79 Å². The number of carbonyl (C=O) groups is 1. The van der Waals surface area contributed by atoms with Gasteiger partial charge in [0.1, 0.15) is 0 Å². The SMILES string of the molecule is CC(=O)N1C2CCC1CC(C(C)(C)C)C2. The maximum Gasteiger partial charge on any atom is 0.219 e. The highest BCUT2D eigenvalue weighted by Gasteiger charge is 2.44. The average molecular weight is 209 g/mol. The van der Waals surface area contributed by atoms with E-state index in [4.69, 9.17) is 0 Å². The highest BCUT2D eigenvalue weighted by Crippen LogP contribution is 2.45. The summed E-state index contributed by atoms with van der Waals surface area (Å²) in [6.07, 6.45) is 4.91. The number of nitrogens with zero attached hydrogens (tertiary/aromatic N) is 1. The first kappa shape index (κ1) is 11.0. The van der Waals surface area contributed by atoms with Crippen LogP contribution < -0.4 is 0 Å². The van der Waals surface area contributed by atoms with Crippen molar-refractivity contribution in [3.8, 4) is 0 Å². The summed E-state index contributed by atoms with van der Waals surface area (Å²) in [6, 6.07) is 1.09. The van der Waals surface area contributed by atoms with Crippen LogP contribution in [0.5, 0.6) is 0 Å². The lowest BCUT2D eigenvalue weighted by atomic mass is 9.73. The molecule has 2 fully saturated rings. The number of amides is 1. The first-order valence-corrected chi connectivity index (χ1v) is 6.18.